The third-order valence-electron chi connectivity index (χ3n) is 5.24. The quantitative estimate of drug-likeness (QED) is 0.539. The highest BCUT2D eigenvalue weighted by molar-refractivity contribution is 6.03. The number of nitrogens with one attached hydrogen (secondary N) is 1. The van der Waals surface area contributed by atoms with E-state index in [1.54, 1.807) is 21.1 Å². The zero-order chi connectivity index (χ0) is 21.0. The fraction of sp³-hybridized carbons (Fsp3) is 0.455. The van der Waals surface area contributed by atoms with Gasteiger partial charge in [0.25, 0.3) is 0 Å². The number of carbonyl (C=O) groups excluding carboxylic acids is 2. The molecule has 1 aromatic carbocycles. The molecule has 1 heterocycles. The maximum absolute atomic E-state index is 12.9. The fourth-order valence-corrected chi connectivity index (χ4v) is 3.79. The Hall–Kier alpha value is -2.80. The number of hydrogen-bond donors (Lipinski definition) is 1. The molecular formula is C22H27NO6. The first-order valence-electron chi connectivity index (χ1n) is 9.71. The molecule has 3 rings (SSSR count). The van der Waals surface area contributed by atoms with E-state index in [1.807, 2.05) is 25.1 Å². The second-order valence-electron chi connectivity index (χ2n) is 6.95. The highest BCUT2D eigenvalue weighted by Gasteiger charge is 2.32. The standard InChI is InChI=1S/C22H27NO6/c1-5-28-8-9-29-22(25)21-13(2)20-16(23-21)10-15(11-17(20)24)14-6-7-18(26-3)19(12-14)27-4/h6-7,12,15,23H,5,8-11H2,1-4H3. The number of Topliss-reactive ketones (excluding diaryl/α,β-unsaturated/α-hetero) is 1. The molecule has 0 radical (unpaired) electrons. The number of methoxy groups -OCH3 is 2. The predicted octanol–water partition coefficient (Wildman–Crippen LogP) is 3.45. The summed E-state index contributed by atoms with van der Waals surface area (Å²) in [6.45, 7) is 4.76. The van der Waals surface area contributed by atoms with Gasteiger partial charge in [0.15, 0.2) is 17.3 Å². The summed E-state index contributed by atoms with van der Waals surface area (Å²) in [7, 11) is 3.17. The third-order valence-corrected chi connectivity index (χ3v) is 5.24. The van der Waals surface area contributed by atoms with Crippen LogP contribution in [0.5, 0.6) is 11.5 Å². The molecule has 1 aliphatic rings. The van der Waals surface area contributed by atoms with Crippen molar-refractivity contribution in [2.75, 3.05) is 34.0 Å². The smallest absolute Gasteiger partial charge is 0.355 e. The Morgan fingerprint density at radius 3 is 2.59 bits per heavy atom. The maximum Gasteiger partial charge on any atom is 0.355 e. The lowest BCUT2D eigenvalue weighted by molar-refractivity contribution is 0.0329. The van der Waals surface area contributed by atoms with Crippen molar-refractivity contribution >= 4 is 11.8 Å². The summed E-state index contributed by atoms with van der Waals surface area (Å²) in [5.41, 5.74) is 3.37. The number of aromatic nitrogens is 1. The molecule has 0 aliphatic heterocycles. The Bertz CT molecular complexity index is 901. The topological polar surface area (TPSA) is 86.9 Å². The van der Waals surface area contributed by atoms with Crippen LogP contribution in [0.15, 0.2) is 18.2 Å². The number of carbonyl (C=O) groups is 2. The first-order valence-corrected chi connectivity index (χ1v) is 9.71. The van der Waals surface area contributed by atoms with Crippen LogP contribution in [0.3, 0.4) is 0 Å². The minimum atomic E-state index is -0.466. The number of fused-ring (bicyclic) bond motifs is 1. The SMILES string of the molecule is CCOCCOC(=O)c1[nH]c2c(c1C)C(=O)CC(c1ccc(OC)c(OC)c1)C2. The molecular weight excluding hydrogens is 374 g/mol. The first kappa shape index (κ1) is 20.9. The summed E-state index contributed by atoms with van der Waals surface area (Å²) in [6.07, 6.45) is 1.00. The van der Waals surface area contributed by atoms with E-state index in [0.29, 0.717) is 54.4 Å². The van der Waals surface area contributed by atoms with E-state index >= 15 is 0 Å². The Labute approximate surface area is 170 Å². The molecule has 1 aliphatic carbocycles. The van der Waals surface area contributed by atoms with E-state index in [1.165, 1.54) is 0 Å². The Morgan fingerprint density at radius 2 is 1.90 bits per heavy atom. The molecule has 7 nitrogen and oxygen atoms in total. The molecule has 0 saturated carbocycles. The van der Waals surface area contributed by atoms with Gasteiger partial charge in [-0.25, -0.2) is 4.79 Å². The van der Waals surface area contributed by atoms with E-state index in [4.69, 9.17) is 18.9 Å². The van der Waals surface area contributed by atoms with Crippen LogP contribution in [-0.2, 0) is 15.9 Å². The predicted molar refractivity (Wildman–Crippen MR) is 107 cm³/mol. The van der Waals surface area contributed by atoms with E-state index in [0.717, 1.165) is 11.3 Å². The van der Waals surface area contributed by atoms with Crippen molar-refractivity contribution < 1.29 is 28.5 Å². The van der Waals surface area contributed by atoms with Crippen molar-refractivity contribution in [1.29, 1.82) is 0 Å². The molecule has 156 valence electrons. The number of benzene rings is 1. The van der Waals surface area contributed by atoms with Crippen LogP contribution in [-0.4, -0.2) is 50.8 Å². The fourth-order valence-electron chi connectivity index (χ4n) is 3.79. The second-order valence-corrected chi connectivity index (χ2v) is 6.95. The van der Waals surface area contributed by atoms with Crippen LogP contribution < -0.4 is 9.47 Å². The average Bonchev–Trinajstić information content (AvgIpc) is 3.07. The number of ketones is 1. The monoisotopic (exact) mass is 401 g/mol. The van der Waals surface area contributed by atoms with E-state index in [-0.39, 0.29) is 18.3 Å². The molecule has 1 N–H and O–H groups in total. The molecule has 7 heteroatoms. The van der Waals surface area contributed by atoms with Gasteiger partial charge in [-0.05, 0) is 49.4 Å². The first-order chi connectivity index (χ1) is 14.0. The summed E-state index contributed by atoms with van der Waals surface area (Å²) in [5, 5.41) is 0. The summed E-state index contributed by atoms with van der Waals surface area (Å²) >= 11 is 0. The largest absolute Gasteiger partial charge is 0.493 e. The van der Waals surface area contributed by atoms with Gasteiger partial charge in [0.05, 0.1) is 20.8 Å². The number of ether oxygens (including phenoxy) is 4. The lowest BCUT2D eigenvalue weighted by atomic mass is 9.81. The minimum absolute atomic E-state index is 0.00493. The molecule has 1 unspecified atom stereocenters. The number of H-pyrrole nitrogens is 1. The Balaban J connectivity index is 1.81. The minimum Gasteiger partial charge on any atom is -0.493 e. The summed E-state index contributed by atoms with van der Waals surface area (Å²) < 4.78 is 21.1. The van der Waals surface area contributed by atoms with Gasteiger partial charge < -0.3 is 23.9 Å². The number of esters is 1. The van der Waals surface area contributed by atoms with E-state index < -0.39 is 5.97 Å². The van der Waals surface area contributed by atoms with Crippen molar-refractivity contribution in [3.05, 3.63) is 46.3 Å². The van der Waals surface area contributed by atoms with Gasteiger partial charge in [0.1, 0.15) is 12.3 Å². The van der Waals surface area contributed by atoms with Crippen LogP contribution in [0.1, 0.15) is 56.9 Å². The summed E-state index contributed by atoms with van der Waals surface area (Å²) in [4.78, 5) is 28.4. The van der Waals surface area contributed by atoms with Crippen LogP contribution in [0.4, 0.5) is 0 Å². The molecule has 0 saturated heterocycles. The van der Waals surface area contributed by atoms with Gasteiger partial charge >= 0.3 is 5.97 Å². The van der Waals surface area contributed by atoms with Gasteiger partial charge in [-0.2, -0.15) is 0 Å². The molecule has 29 heavy (non-hydrogen) atoms. The molecule has 0 spiro atoms. The van der Waals surface area contributed by atoms with Crippen LogP contribution in [0.2, 0.25) is 0 Å². The summed E-state index contributed by atoms with van der Waals surface area (Å²) in [5.74, 6) is 0.825. The maximum atomic E-state index is 12.9. The van der Waals surface area contributed by atoms with Crippen LogP contribution >= 0.6 is 0 Å². The number of rotatable bonds is 8. The van der Waals surface area contributed by atoms with Crippen molar-refractivity contribution in [2.24, 2.45) is 0 Å². The average molecular weight is 401 g/mol. The van der Waals surface area contributed by atoms with Gasteiger partial charge in [-0.1, -0.05) is 6.07 Å². The van der Waals surface area contributed by atoms with E-state index in [9.17, 15) is 9.59 Å². The van der Waals surface area contributed by atoms with Crippen molar-refractivity contribution in [3.8, 4) is 11.5 Å². The molecule has 2 aromatic rings. The van der Waals surface area contributed by atoms with Crippen LogP contribution in [0, 0.1) is 6.92 Å². The summed E-state index contributed by atoms with van der Waals surface area (Å²) in [6, 6.07) is 5.69. The number of aromatic amines is 1. The molecule has 0 bridgehead atoms. The molecule has 0 fully saturated rings. The highest BCUT2D eigenvalue weighted by Crippen LogP contribution is 2.38. The van der Waals surface area contributed by atoms with Gasteiger partial charge in [-0.15, -0.1) is 0 Å². The zero-order valence-corrected chi connectivity index (χ0v) is 17.3. The molecule has 1 aromatic heterocycles. The van der Waals surface area contributed by atoms with E-state index in [2.05, 4.69) is 4.98 Å². The van der Waals surface area contributed by atoms with Gasteiger partial charge in [-0.3, -0.25) is 4.79 Å². The second kappa shape index (κ2) is 9.13. The van der Waals surface area contributed by atoms with Crippen molar-refractivity contribution in [2.45, 2.75) is 32.6 Å². The lowest BCUT2D eigenvalue weighted by Crippen LogP contribution is -2.18. The van der Waals surface area contributed by atoms with Gasteiger partial charge in [0.2, 0.25) is 0 Å². The highest BCUT2D eigenvalue weighted by atomic mass is 16.6. The molecule has 1 atom stereocenters. The van der Waals surface area contributed by atoms with Crippen molar-refractivity contribution in [1.82, 2.24) is 4.98 Å². The Kier molecular flexibility index (Phi) is 6.59. The lowest BCUT2D eigenvalue weighted by Gasteiger charge is -2.23. The van der Waals surface area contributed by atoms with Crippen molar-refractivity contribution in [3.63, 3.8) is 0 Å². The Morgan fingerprint density at radius 1 is 1.14 bits per heavy atom. The zero-order valence-electron chi connectivity index (χ0n) is 17.3. The normalized spacial score (nSPS) is 15.7. The molecule has 0 amide bonds. The van der Waals surface area contributed by atoms with Gasteiger partial charge in [0, 0.05) is 24.3 Å². The third kappa shape index (κ3) is 4.29. The number of hydrogen-bond acceptors (Lipinski definition) is 6. The van der Waals surface area contributed by atoms with Crippen LogP contribution in [0.25, 0.3) is 0 Å².